The van der Waals surface area contributed by atoms with Crippen LogP contribution in [0.3, 0.4) is 0 Å². The molecule has 0 aromatic heterocycles. The quantitative estimate of drug-likeness (QED) is 0.302. The highest BCUT2D eigenvalue weighted by Gasteiger charge is 2.08. The van der Waals surface area contributed by atoms with Gasteiger partial charge in [-0.05, 0) is 61.5 Å². The van der Waals surface area contributed by atoms with E-state index in [0.717, 1.165) is 5.56 Å². The van der Waals surface area contributed by atoms with Crippen LogP contribution in [0.4, 0.5) is 0 Å². The molecule has 0 bridgehead atoms. The zero-order chi connectivity index (χ0) is 22.2. The lowest BCUT2D eigenvalue weighted by Gasteiger charge is -2.11. The molecule has 0 saturated carbocycles. The van der Waals surface area contributed by atoms with Crippen molar-refractivity contribution in [3.8, 4) is 11.5 Å². The van der Waals surface area contributed by atoms with E-state index in [-0.39, 0.29) is 12.5 Å². The van der Waals surface area contributed by atoms with Gasteiger partial charge in [0.15, 0.2) is 0 Å². The topological polar surface area (TPSA) is 59.9 Å². The highest BCUT2D eigenvalue weighted by Crippen LogP contribution is 2.25. The standard InChI is InChI=1S/C23H19Cl3N2O3/c1-2-30-20-8-4-15(5-9-20)23(29)28-27-13-17-11-18(24)7-10-22(17)31-14-16-3-6-19(25)12-21(16)26/h3-13H,2,14H2,1H3,(H,28,29)/b27-13-. The first kappa shape index (κ1) is 22.9. The Morgan fingerprint density at radius 3 is 2.39 bits per heavy atom. The van der Waals surface area contributed by atoms with Crippen LogP contribution in [-0.4, -0.2) is 18.7 Å². The normalized spacial score (nSPS) is 10.8. The van der Waals surface area contributed by atoms with E-state index in [1.165, 1.54) is 6.21 Å². The van der Waals surface area contributed by atoms with Crippen LogP contribution in [0.5, 0.6) is 11.5 Å². The van der Waals surface area contributed by atoms with Crippen LogP contribution in [0.25, 0.3) is 0 Å². The Balaban J connectivity index is 1.67. The van der Waals surface area contributed by atoms with E-state index >= 15 is 0 Å². The van der Waals surface area contributed by atoms with Crippen molar-refractivity contribution in [2.24, 2.45) is 5.10 Å². The van der Waals surface area contributed by atoms with Crippen molar-refractivity contribution in [1.82, 2.24) is 5.43 Å². The van der Waals surface area contributed by atoms with Crippen LogP contribution in [0.2, 0.25) is 15.1 Å². The van der Waals surface area contributed by atoms with Crippen molar-refractivity contribution >= 4 is 46.9 Å². The van der Waals surface area contributed by atoms with Gasteiger partial charge in [0.05, 0.1) is 12.8 Å². The molecule has 3 rings (SSSR count). The second-order valence-corrected chi connectivity index (χ2v) is 7.64. The Morgan fingerprint density at radius 1 is 0.968 bits per heavy atom. The van der Waals surface area contributed by atoms with Crippen LogP contribution in [0.15, 0.2) is 65.8 Å². The van der Waals surface area contributed by atoms with Gasteiger partial charge in [-0.2, -0.15) is 5.10 Å². The van der Waals surface area contributed by atoms with Crippen LogP contribution in [0, 0.1) is 0 Å². The summed E-state index contributed by atoms with van der Waals surface area (Å²) < 4.78 is 11.2. The van der Waals surface area contributed by atoms with Crippen molar-refractivity contribution in [1.29, 1.82) is 0 Å². The number of hydrazone groups is 1. The van der Waals surface area contributed by atoms with Crippen LogP contribution in [-0.2, 0) is 6.61 Å². The van der Waals surface area contributed by atoms with E-state index < -0.39 is 0 Å². The van der Waals surface area contributed by atoms with Gasteiger partial charge in [-0.15, -0.1) is 0 Å². The lowest BCUT2D eigenvalue weighted by atomic mass is 10.2. The molecule has 0 atom stereocenters. The van der Waals surface area contributed by atoms with Crippen LogP contribution in [0.1, 0.15) is 28.4 Å². The number of nitrogens with one attached hydrogen (secondary N) is 1. The van der Waals surface area contributed by atoms with Crippen molar-refractivity contribution < 1.29 is 14.3 Å². The minimum absolute atomic E-state index is 0.233. The average molecular weight is 478 g/mol. The fourth-order valence-corrected chi connectivity index (χ4v) is 3.28. The van der Waals surface area contributed by atoms with Gasteiger partial charge in [0.25, 0.3) is 5.91 Å². The lowest BCUT2D eigenvalue weighted by molar-refractivity contribution is 0.0955. The minimum Gasteiger partial charge on any atom is -0.494 e. The molecule has 160 valence electrons. The third-order valence-corrected chi connectivity index (χ3v) is 4.99. The molecule has 0 heterocycles. The fourth-order valence-electron chi connectivity index (χ4n) is 2.64. The van der Waals surface area contributed by atoms with Gasteiger partial charge in [-0.1, -0.05) is 40.9 Å². The number of carbonyl (C=O) groups excluding carboxylic acids is 1. The maximum absolute atomic E-state index is 12.3. The minimum atomic E-state index is -0.350. The zero-order valence-corrected chi connectivity index (χ0v) is 18.8. The second kappa shape index (κ2) is 11.0. The van der Waals surface area contributed by atoms with Crippen LogP contribution >= 0.6 is 34.8 Å². The summed E-state index contributed by atoms with van der Waals surface area (Å²) in [5, 5.41) is 5.60. The second-order valence-electron chi connectivity index (χ2n) is 6.36. The van der Waals surface area contributed by atoms with E-state index in [2.05, 4.69) is 10.5 Å². The highest BCUT2D eigenvalue weighted by molar-refractivity contribution is 6.35. The molecule has 0 saturated heterocycles. The van der Waals surface area contributed by atoms with Gasteiger partial charge < -0.3 is 9.47 Å². The van der Waals surface area contributed by atoms with Crippen molar-refractivity contribution in [2.45, 2.75) is 13.5 Å². The number of amides is 1. The summed E-state index contributed by atoms with van der Waals surface area (Å²) in [6.07, 6.45) is 1.47. The number of rotatable bonds is 8. The SMILES string of the molecule is CCOc1ccc(C(=O)N/N=C\c2cc(Cl)ccc2OCc2ccc(Cl)cc2Cl)cc1. The summed E-state index contributed by atoms with van der Waals surface area (Å²) in [5.74, 6) is 0.885. The van der Waals surface area contributed by atoms with E-state index in [1.54, 1.807) is 60.7 Å². The summed E-state index contributed by atoms with van der Waals surface area (Å²) in [4.78, 5) is 12.3. The van der Waals surface area contributed by atoms with Gasteiger partial charge in [-0.25, -0.2) is 5.43 Å². The Morgan fingerprint density at radius 2 is 1.68 bits per heavy atom. The highest BCUT2D eigenvalue weighted by atomic mass is 35.5. The van der Waals surface area contributed by atoms with Gasteiger partial charge in [-0.3, -0.25) is 4.79 Å². The van der Waals surface area contributed by atoms with E-state index in [0.29, 0.717) is 44.3 Å². The molecule has 0 fully saturated rings. The third-order valence-electron chi connectivity index (χ3n) is 4.17. The van der Waals surface area contributed by atoms with E-state index in [4.69, 9.17) is 44.3 Å². The number of halogens is 3. The summed E-state index contributed by atoms with van der Waals surface area (Å²) in [6.45, 7) is 2.69. The fraction of sp³-hybridized carbons (Fsp3) is 0.130. The molecule has 0 radical (unpaired) electrons. The number of hydrogen-bond donors (Lipinski definition) is 1. The summed E-state index contributed by atoms with van der Waals surface area (Å²) in [6, 6.07) is 17.1. The molecule has 0 aliphatic heterocycles. The van der Waals surface area contributed by atoms with Gasteiger partial charge in [0.2, 0.25) is 0 Å². The summed E-state index contributed by atoms with van der Waals surface area (Å²) >= 11 is 18.2. The molecule has 0 spiro atoms. The average Bonchev–Trinajstić information content (AvgIpc) is 2.75. The van der Waals surface area contributed by atoms with Gasteiger partial charge in [0.1, 0.15) is 18.1 Å². The third kappa shape index (κ3) is 6.62. The Labute approximate surface area is 195 Å². The smallest absolute Gasteiger partial charge is 0.271 e. The molecular weight excluding hydrogens is 459 g/mol. The maximum atomic E-state index is 12.3. The first-order valence-corrected chi connectivity index (χ1v) is 10.5. The van der Waals surface area contributed by atoms with Crippen molar-refractivity contribution in [2.75, 3.05) is 6.61 Å². The molecule has 8 heteroatoms. The van der Waals surface area contributed by atoms with E-state index in [9.17, 15) is 4.79 Å². The first-order valence-electron chi connectivity index (χ1n) is 9.39. The number of hydrogen-bond acceptors (Lipinski definition) is 4. The Hall–Kier alpha value is -2.73. The molecule has 0 aliphatic carbocycles. The molecule has 0 unspecified atom stereocenters. The zero-order valence-electron chi connectivity index (χ0n) is 16.6. The number of nitrogens with zero attached hydrogens (tertiary/aromatic N) is 1. The lowest BCUT2D eigenvalue weighted by Crippen LogP contribution is -2.17. The number of ether oxygens (including phenoxy) is 2. The largest absolute Gasteiger partial charge is 0.494 e. The Kier molecular flexibility index (Phi) is 8.18. The monoisotopic (exact) mass is 476 g/mol. The first-order chi connectivity index (χ1) is 15.0. The molecule has 31 heavy (non-hydrogen) atoms. The molecule has 1 N–H and O–H groups in total. The molecule has 5 nitrogen and oxygen atoms in total. The summed E-state index contributed by atoms with van der Waals surface area (Å²) in [5.41, 5.74) is 4.34. The molecular formula is C23H19Cl3N2O3. The predicted molar refractivity (Wildman–Crippen MR) is 125 cm³/mol. The van der Waals surface area contributed by atoms with Gasteiger partial charge >= 0.3 is 0 Å². The number of benzene rings is 3. The van der Waals surface area contributed by atoms with Crippen molar-refractivity contribution in [3.63, 3.8) is 0 Å². The van der Waals surface area contributed by atoms with Gasteiger partial charge in [0, 0.05) is 31.8 Å². The van der Waals surface area contributed by atoms with E-state index in [1.807, 2.05) is 6.92 Å². The molecule has 1 amide bonds. The summed E-state index contributed by atoms with van der Waals surface area (Å²) in [7, 11) is 0. The molecule has 3 aromatic carbocycles. The van der Waals surface area contributed by atoms with Crippen molar-refractivity contribution in [3.05, 3.63) is 92.4 Å². The van der Waals surface area contributed by atoms with Crippen LogP contribution < -0.4 is 14.9 Å². The maximum Gasteiger partial charge on any atom is 0.271 e. The molecule has 0 aliphatic rings. The molecule has 3 aromatic rings. The number of carbonyl (C=O) groups is 1. The predicted octanol–water partition coefficient (Wildman–Crippen LogP) is 6.39. The Bertz CT molecular complexity index is 1090.